The maximum atomic E-state index is 13.4. The Kier molecular flexibility index (Phi) is 6.50. The molecule has 0 fully saturated rings. The van der Waals surface area contributed by atoms with Gasteiger partial charge in [-0.25, -0.2) is 12.6 Å². The molecule has 3 aromatic carbocycles. The highest BCUT2D eigenvalue weighted by Crippen LogP contribution is 2.28. The van der Waals surface area contributed by atoms with Crippen molar-refractivity contribution in [3.63, 3.8) is 0 Å². The number of sulfone groups is 1. The second-order valence-electron chi connectivity index (χ2n) is 6.97. The van der Waals surface area contributed by atoms with Gasteiger partial charge in [-0.2, -0.15) is 0 Å². The summed E-state index contributed by atoms with van der Waals surface area (Å²) in [4.78, 5) is 1.03. The van der Waals surface area contributed by atoms with E-state index in [1.807, 2.05) is 50.2 Å². The molecule has 0 aromatic heterocycles. The van der Waals surface area contributed by atoms with Gasteiger partial charge < -0.3 is 0 Å². The van der Waals surface area contributed by atoms with Gasteiger partial charge in [0.1, 0.15) is 0 Å². The van der Waals surface area contributed by atoms with Gasteiger partial charge in [-0.15, -0.1) is 0 Å². The molecule has 0 spiro atoms. The smallest absolute Gasteiger partial charge is 0.201 e. The van der Waals surface area contributed by atoms with E-state index in [9.17, 15) is 12.6 Å². The van der Waals surface area contributed by atoms with Crippen molar-refractivity contribution in [2.24, 2.45) is 0 Å². The predicted octanol–water partition coefficient (Wildman–Crippen LogP) is 5.45. The van der Waals surface area contributed by atoms with Crippen molar-refractivity contribution < 1.29 is 12.6 Å². The topological polar surface area (TPSA) is 51.2 Å². The van der Waals surface area contributed by atoms with Crippen LogP contribution in [0, 0.1) is 13.8 Å². The van der Waals surface area contributed by atoms with Gasteiger partial charge in [0.2, 0.25) is 9.84 Å². The molecule has 0 saturated carbocycles. The Morgan fingerprint density at radius 2 is 1.34 bits per heavy atom. The Balaban J connectivity index is 2.13. The van der Waals surface area contributed by atoms with Gasteiger partial charge in [0.25, 0.3) is 0 Å². The molecular weight excluding hydrogens is 400 g/mol. The molecule has 0 aliphatic rings. The maximum absolute atomic E-state index is 13.4. The molecule has 150 valence electrons. The van der Waals surface area contributed by atoms with Crippen molar-refractivity contribution in [1.82, 2.24) is 0 Å². The summed E-state index contributed by atoms with van der Waals surface area (Å²) >= 11 is 0. The van der Waals surface area contributed by atoms with E-state index in [1.165, 1.54) is 0 Å². The van der Waals surface area contributed by atoms with Crippen LogP contribution in [-0.2, 0) is 27.1 Å². The Hall–Kier alpha value is -2.50. The first-order valence-corrected chi connectivity index (χ1v) is 12.1. The highest BCUT2D eigenvalue weighted by atomic mass is 32.2. The molecule has 0 aliphatic heterocycles. The molecule has 1 atom stereocenters. The van der Waals surface area contributed by atoms with E-state index in [0.717, 1.165) is 28.5 Å². The third-order valence-corrected chi connectivity index (χ3v) is 7.77. The van der Waals surface area contributed by atoms with Crippen molar-refractivity contribution in [3.05, 3.63) is 100 Å². The highest BCUT2D eigenvalue weighted by molar-refractivity contribution is 7.99. The average Bonchev–Trinajstić information content (AvgIpc) is 2.72. The lowest BCUT2D eigenvalue weighted by atomic mass is 10.1. The van der Waals surface area contributed by atoms with E-state index < -0.39 is 20.6 Å². The normalized spacial score (nSPS) is 13.3. The molecule has 3 nitrogen and oxygen atoms in total. The molecule has 0 saturated heterocycles. The zero-order valence-corrected chi connectivity index (χ0v) is 18.4. The first-order valence-electron chi connectivity index (χ1n) is 9.41. The lowest BCUT2D eigenvalue weighted by Crippen LogP contribution is -2.03. The Bertz CT molecular complexity index is 1140. The van der Waals surface area contributed by atoms with Gasteiger partial charge in [-0.05, 0) is 55.7 Å². The minimum Gasteiger partial charge on any atom is -0.249 e. The highest BCUT2D eigenvalue weighted by Gasteiger charge is 2.19. The van der Waals surface area contributed by atoms with Crippen molar-refractivity contribution in [2.45, 2.75) is 37.0 Å². The fraction of sp³-hybridized carbons (Fsp3) is 0.167. The van der Waals surface area contributed by atoms with E-state index >= 15 is 0 Å². The van der Waals surface area contributed by atoms with Crippen LogP contribution in [0.3, 0.4) is 0 Å². The summed E-state index contributed by atoms with van der Waals surface area (Å²) in [6, 6.07) is 21.5. The third kappa shape index (κ3) is 5.11. The number of rotatable bonds is 6. The standard InChI is InChI=1S/C24H24O3S2/c1-4-20-9-11-21(12-10-20)24(28(25)22-13-5-18(2)6-14-22)17-29(26,27)23-15-7-19(3)8-16-23/h5-17H,4H2,1-3H3. The molecule has 0 heterocycles. The summed E-state index contributed by atoms with van der Waals surface area (Å²) in [6.07, 6.45) is 0.877. The van der Waals surface area contributed by atoms with Crippen LogP contribution in [0.5, 0.6) is 0 Å². The van der Waals surface area contributed by atoms with Crippen molar-refractivity contribution >= 4 is 25.5 Å². The van der Waals surface area contributed by atoms with E-state index in [1.54, 1.807) is 36.4 Å². The zero-order valence-electron chi connectivity index (χ0n) is 16.8. The molecule has 5 heteroatoms. The lowest BCUT2D eigenvalue weighted by Gasteiger charge is -2.10. The molecule has 0 bridgehead atoms. The molecule has 0 amide bonds. The van der Waals surface area contributed by atoms with E-state index in [-0.39, 0.29) is 9.80 Å². The first-order chi connectivity index (χ1) is 13.8. The summed E-state index contributed by atoms with van der Waals surface area (Å²) in [7, 11) is -5.39. The number of benzene rings is 3. The summed E-state index contributed by atoms with van der Waals surface area (Å²) in [6.45, 7) is 5.91. The van der Waals surface area contributed by atoms with E-state index in [4.69, 9.17) is 0 Å². The monoisotopic (exact) mass is 424 g/mol. The van der Waals surface area contributed by atoms with Crippen LogP contribution in [0.15, 0.2) is 88.0 Å². The van der Waals surface area contributed by atoms with Gasteiger partial charge >= 0.3 is 0 Å². The average molecular weight is 425 g/mol. The molecule has 0 radical (unpaired) electrons. The van der Waals surface area contributed by atoms with Crippen LogP contribution in [0.1, 0.15) is 29.2 Å². The largest absolute Gasteiger partial charge is 0.249 e. The Morgan fingerprint density at radius 3 is 1.86 bits per heavy atom. The first kappa shape index (κ1) is 21.2. The van der Waals surface area contributed by atoms with Crippen LogP contribution in [0.4, 0.5) is 0 Å². The molecule has 0 aliphatic carbocycles. The molecule has 1 unspecified atom stereocenters. The van der Waals surface area contributed by atoms with Gasteiger partial charge in [0.15, 0.2) is 0 Å². The SMILES string of the molecule is CCc1ccc(C(=CS(=O)(=O)c2ccc(C)cc2)S(=O)c2ccc(C)cc2)cc1. The summed E-state index contributed by atoms with van der Waals surface area (Å²) in [5, 5.41) is 1.15. The zero-order chi connectivity index (χ0) is 21.0. The minimum atomic E-state index is -3.76. The lowest BCUT2D eigenvalue weighted by molar-refractivity contribution is 0.604. The van der Waals surface area contributed by atoms with E-state index in [2.05, 4.69) is 6.92 Å². The van der Waals surface area contributed by atoms with Crippen LogP contribution in [0.2, 0.25) is 0 Å². The van der Waals surface area contributed by atoms with Crippen molar-refractivity contribution in [1.29, 1.82) is 0 Å². The van der Waals surface area contributed by atoms with Crippen LogP contribution in [0.25, 0.3) is 4.91 Å². The number of hydrogen-bond donors (Lipinski definition) is 0. The van der Waals surface area contributed by atoms with Crippen LogP contribution in [-0.4, -0.2) is 12.6 Å². The Morgan fingerprint density at radius 1 is 0.828 bits per heavy atom. The molecule has 3 rings (SSSR count). The van der Waals surface area contributed by atoms with Gasteiger partial charge in [-0.3, -0.25) is 0 Å². The summed E-state index contributed by atoms with van der Waals surface area (Å²) < 4.78 is 39.4. The molecular formula is C24H24O3S2. The number of hydrogen-bond acceptors (Lipinski definition) is 3. The van der Waals surface area contributed by atoms with Crippen molar-refractivity contribution in [2.75, 3.05) is 0 Å². The quantitative estimate of drug-likeness (QED) is 0.529. The summed E-state index contributed by atoms with van der Waals surface area (Å²) in [5.41, 5.74) is 3.80. The third-order valence-electron chi connectivity index (χ3n) is 4.69. The maximum Gasteiger partial charge on any atom is 0.201 e. The Labute approximate surface area is 175 Å². The second kappa shape index (κ2) is 8.89. The fourth-order valence-electron chi connectivity index (χ4n) is 2.85. The summed E-state index contributed by atoms with van der Waals surface area (Å²) in [5.74, 6) is 0. The van der Waals surface area contributed by atoms with Crippen molar-refractivity contribution in [3.8, 4) is 0 Å². The fourth-order valence-corrected chi connectivity index (χ4v) is 5.64. The van der Waals surface area contributed by atoms with Gasteiger partial charge in [0, 0.05) is 4.90 Å². The minimum absolute atomic E-state index is 0.187. The molecule has 0 N–H and O–H groups in total. The predicted molar refractivity (Wildman–Crippen MR) is 120 cm³/mol. The van der Waals surface area contributed by atoms with E-state index in [0.29, 0.717) is 10.5 Å². The van der Waals surface area contributed by atoms with Crippen LogP contribution >= 0.6 is 0 Å². The van der Waals surface area contributed by atoms with Gasteiger partial charge in [0.05, 0.1) is 26.0 Å². The van der Waals surface area contributed by atoms with Gasteiger partial charge in [-0.1, -0.05) is 66.6 Å². The molecule has 29 heavy (non-hydrogen) atoms. The molecule has 3 aromatic rings. The number of aryl methyl sites for hydroxylation is 3. The van der Waals surface area contributed by atoms with Crippen LogP contribution < -0.4 is 0 Å². The second-order valence-corrected chi connectivity index (χ2v) is 10.2.